The normalized spacial score (nSPS) is 11.3. The Kier molecular flexibility index (Phi) is 4.13. The summed E-state index contributed by atoms with van der Waals surface area (Å²) in [6.45, 7) is 2.23. The standard InChI is InChI=1S/C16H13NO2S2/c1-11-8-9-20-13(11)6-7-16(18)19-10-15-17-12-4-2-3-5-14(12)21-15/h2-9H,10H2,1H3/b7-6+. The molecule has 3 rings (SSSR count). The molecule has 0 N–H and O–H groups in total. The Labute approximate surface area is 130 Å². The highest BCUT2D eigenvalue weighted by Crippen LogP contribution is 2.22. The van der Waals surface area contributed by atoms with Crippen molar-refractivity contribution in [3.05, 3.63) is 57.2 Å². The van der Waals surface area contributed by atoms with E-state index in [4.69, 9.17) is 4.74 Å². The van der Waals surface area contributed by atoms with Crippen LogP contribution in [0.4, 0.5) is 0 Å². The summed E-state index contributed by atoms with van der Waals surface area (Å²) in [6.07, 6.45) is 3.26. The van der Waals surface area contributed by atoms with Crippen molar-refractivity contribution in [2.45, 2.75) is 13.5 Å². The van der Waals surface area contributed by atoms with Gasteiger partial charge < -0.3 is 4.74 Å². The van der Waals surface area contributed by atoms with Gasteiger partial charge in [0.1, 0.15) is 11.6 Å². The molecule has 0 bridgehead atoms. The topological polar surface area (TPSA) is 39.2 Å². The summed E-state index contributed by atoms with van der Waals surface area (Å²) >= 11 is 3.15. The van der Waals surface area contributed by atoms with Gasteiger partial charge in [-0.25, -0.2) is 9.78 Å². The molecule has 0 fully saturated rings. The highest BCUT2D eigenvalue weighted by atomic mass is 32.1. The van der Waals surface area contributed by atoms with E-state index in [0.717, 1.165) is 25.7 Å². The van der Waals surface area contributed by atoms with Crippen molar-refractivity contribution in [1.82, 2.24) is 4.98 Å². The molecule has 0 aliphatic rings. The molecule has 0 spiro atoms. The maximum absolute atomic E-state index is 11.7. The monoisotopic (exact) mass is 315 g/mol. The van der Waals surface area contributed by atoms with Gasteiger partial charge in [-0.05, 0) is 42.1 Å². The van der Waals surface area contributed by atoms with Crippen LogP contribution in [-0.4, -0.2) is 11.0 Å². The van der Waals surface area contributed by atoms with Crippen LogP contribution in [0.2, 0.25) is 0 Å². The zero-order valence-electron chi connectivity index (χ0n) is 11.4. The van der Waals surface area contributed by atoms with Crippen LogP contribution in [0.5, 0.6) is 0 Å². The third-order valence-electron chi connectivity index (χ3n) is 2.95. The molecule has 2 heterocycles. The Bertz CT molecular complexity index is 768. The van der Waals surface area contributed by atoms with Crippen LogP contribution in [0.1, 0.15) is 15.4 Å². The molecule has 2 aromatic heterocycles. The van der Waals surface area contributed by atoms with Gasteiger partial charge in [-0.15, -0.1) is 22.7 Å². The maximum Gasteiger partial charge on any atom is 0.331 e. The number of thiazole rings is 1. The number of carbonyl (C=O) groups is 1. The Hall–Kier alpha value is -1.98. The molecular weight excluding hydrogens is 302 g/mol. The number of hydrogen-bond acceptors (Lipinski definition) is 5. The minimum atomic E-state index is -0.345. The molecule has 0 saturated carbocycles. The van der Waals surface area contributed by atoms with Crippen molar-refractivity contribution in [1.29, 1.82) is 0 Å². The van der Waals surface area contributed by atoms with Gasteiger partial charge in [0, 0.05) is 11.0 Å². The number of nitrogens with zero attached hydrogens (tertiary/aromatic N) is 1. The minimum Gasteiger partial charge on any atom is -0.455 e. The van der Waals surface area contributed by atoms with E-state index >= 15 is 0 Å². The first-order chi connectivity index (χ1) is 10.2. The SMILES string of the molecule is Cc1ccsc1/C=C/C(=O)OCc1nc2ccccc2s1. The number of hydrogen-bond donors (Lipinski definition) is 0. The van der Waals surface area contributed by atoms with Gasteiger partial charge in [-0.3, -0.25) is 0 Å². The van der Waals surface area contributed by atoms with E-state index in [0.29, 0.717) is 0 Å². The fraction of sp³-hybridized carbons (Fsp3) is 0.125. The van der Waals surface area contributed by atoms with E-state index in [1.165, 1.54) is 6.08 Å². The van der Waals surface area contributed by atoms with E-state index in [-0.39, 0.29) is 12.6 Å². The average Bonchev–Trinajstić information content (AvgIpc) is 3.08. The zero-order chi connectivity index (χ0) is 14.7. The van der Waals surface area contributed by atoms with Crippen molar-refractivity contribution < 1.29 is 9.53 Å². The highest BCUT2D eigenvalue weighted by molar-refractivity contribution is 7.18. The van der Waals surface area contributed by atoms with Gasteiger partial charge in [0.15, 0.2) is 0 Å². The van der Waals surface area contributed by atoms with Gasteiger partial charge in [0.05, 0.1) is 10.2 Å². The third-order valence-corrected chi connectivity index (χ3v) is 4.94. The molecule has 0 amide bonds. The van der Waals surface area contributed by atoms with Crippen LogP contribution >= 0.6 is 22.7 Å². The molecule has 0 saturated heterocycles. The Morgan fingerprint density at radius 1 is 1.33 bits per heavy atom. The lowest BCUT2D eigenvalue weighted by molar-refractivity contribution is -0.138. The Balaban J connectivity index is 1.60. The first-order valence-corrected chi connectivity index (χ1v) is 8.15. The molecule has 3 nitrogen and oxygen atoms in total. The molecule has 0 radical (unpaired) electrons. The van der Waals surface area contributed by atoms with Gasteiger partial charge in [-0.2, -0.15) is 0 Å². The van der Waals surface area contributed by atoms with E-state index in [1.54, 1.807) is 28.7 Å². The van der Waals surface area contributed by atoms with Crippen LogP contribution in [0.25, 0.3) is 16.3 Å². The summed E-state index contributed by atoms with van der Waals surface area (Å²) in [7, 11) is 0. The maximum atomic E-state index is 11.7. The van der Waals surface area contributed by atoms with Crippen LogP contribution in [0.15, 0.2) is 41.8 Å². The second kappa shape index (κ2) is 6.20. The summed E-state index contributed by atoms with van der Waals surface area (Å²) in [6, 6.07) is 9.91. The quantitative estimate of drug-likeness (QED) is 0.528. The molecule has 0 atom stereocenters. The molecule has 106 valence electrons. The average molecular weight is 315 g/mol. The summed E-state index contributed by atoms with van der Waals surface area (Å²) in [4.78, 5) is 17.2. The number of benzene rings is 1. The van der Waals surface area contributed by atoms with Gasteiger partial charge >= 0.3 is 5.97 Å². The van der Waals surface area contributed by atoms with Gasteiger partial charge in [-0.1, -0.05) is 12.1 Å². The smallest absolute Gasteiger partial charge is 0.331 e. The van der Waals surface area contributed by atoms with E-state index in [9.17, 15) is 4.79 Å². The van der Waals surface area contributed by atoms with Gasteiger partial charge in [0.25, 0.3) is 0 Å². The van der Waals surface area contributed by atoms with Crippen molar-refractivity contribution >= 4 is 44.9 Å². The first kappa shape index (κ1) is 14.0. The number of para-hydroxylation sites is 1. The molecule has 3 aromatic rings. The molecule has 5 heteroatoms. The second-order valence-electron chi connectivity index (χ2n) is 4.48. The van der Waals surface area contributed by atoms with Crippen molar-refractivity contribution in [2.24, 2.45) is 0 Å². The van der Waals surface area contributed by atoms with Crippen LogP contribution in [0.3, 0.4) is 0 Å². The van der Waals surface area contributed by atoms with Crippen molar-refractivity contribution in [2.75, 3.05) is 0 Å². The number of aromatic nitrogens is 1. The molecular formula is C16H13NO2S2. The highest BCUT2D eigenvalue weighted by Gasteiger charge is 2.05. The number of aryl methyl sites for hydroxylation is 1. The fourth-order valence-electron chi connectivity index (χ4n) is 1.86. The number of ether oxygens (including phenoxy) is 1. The predicted molar refractivity (Wildman–Crippen MR) is 87.5 cm³/mol. The third kappa shape index (κ3) is 3.37. The Morgan fingerprint density at radius 2 is 2.19 bits per heavy atom. The number of rotatable bonds is 4. The molecule has 0 unspecified atom stereocenters. The van der Waals surface area contributed by atoms with Crippen LogP contribution < -0.4 is 0 Å². The summed E-state index contributed by atoms with van der Waals surface area (Å²) in [5.41, 5.74) is 2.11. The van der Waals surface area contributed by atoms with Crippen LogP contribution in [0, 0.1) is 6.92 Å². The lowest BCUT2D eigenvalue weighted by Gasteiger charge is -1.97. The molecule has 0 aliphatic carbocycles. The lowest BCUT2D eigenvalue weighted by atomic mass is 10.3. The lowest BCUT2D eigenvalue weighted by Crippen LogP contribution is -2.00. The molecule has 0 aliphatic heterocycles. The van der Waals surface area contributed by atoms with Crippen LogP contribution in [-0.2, 0) is 16.1 Å². The summed E-state index contributed by atoms with van der Waals surface area (Å²) in [5, 5.41) is 2.81. The number of fused-ring (bicyclic) bond motifs is 1. The summed E-state index contributed by atoms with van der Waals surface area (Å²) in [5.74, 6) is -0.345. The zero-order valence-corrected chi connectivity index (χ0v) is 13.0. The molecule has 1 aromatic carbocycles. The fourth-order valence-corrected chi connectivity index (χ4v) is 3.56. The van der Waals surface area contributed by atoms with E-state index < -0.39 is 0 Å². The number of thiophene rings is 1. The summed E-state index contributed by atoms with van der Waals surface area (Å²) < 4.78 is 6.33. The Morgan fingerprint density at radius 3 is 2.95 bits per heavy atom. The second-order valence-corrected chi connectivity index (χ2v) is 6.55. The van der Waals surface area contributed by atoms with E-state index in [2.05, 4.69) is 4.98 Å². The molecule has 21 heavy (non-hydrogen) atoms. The largest absolute Gasteiger partial charge is 0.455 e. The first-order valence-electron chi connectivity index (χ1n) is 6.46. The predicted octanol–water partition coefficient (Wildman–Crippen LogP) is 4.42. The minimum absolute atomic E-state index is 0.214. The number of carbonyl (C=O) groups excluding carboxylic acids is 1. The number of esters is 1. The van der Waals surface area contributed by atoms with Crippen molar-refractivity contribution in [3.8, 4) is 0 Å². The van der Waals surface area contributed by atoms with Gasteiger partial charge in [0.2, 0.25) is 0 Å². The van der Waals surface area contributed by atoms with E-state index in [1.807, 2.05) is 42.6 Å². The van der Waals surface area contributed by atoms with Crippen molar-refractivity contribution in [3.63, 3.8) is 0 Å².